The molecule has 0 N–H and O–H groups in total. The zero-order valence-electron chi connectivity index (χ0n) is 21.3. The topological polar surface area (TPSA) is 142 Å². The second-order valence-corrected chi connectivity index (χ2v) is 8.91. The normalized spacial score (nSPS) is 18.0. The Kier molecular flexibility index (Phi) is 16.9. The van der Waals surface area contributed by atoms with Crippen LogP contribution >= 0.6 is 0 Å². The van der Waals surface area contributed by atoms with Gasteiger partial charge in [-0.3, -0.25) is 9.59 Å². The summed E-state index contributed by atoms with van der Waals surface area (Å²) >= 11 is 0. The van der Waals surface area contributed by atoms with E-state index in [1.165, 1.54) is 6.08 Å². The number of nitrogens with zero attached hydrogens (tertiary/aromatic N) is 4. The third-order valence-electron chi connectivity index (χ3n) is 6.08. The van der Waals surface area contributed by atoms with Crippen LogP contribution in [0, 0.1) is 34.9 Å². The van der Waals surface area contributed by atoms with Crippen LogP contribution in [0.25, 0.3) is 0 Å². The van der Waals surface area contributed by atoms with Gasteiger partial charge >= 0.3 is 5.97 Å². The number of carbonyl (C=O) groups is 2. The molecule has 2 atom stereocenters. The lowest BCUT2D eigenvalue weighted by Gasteiger charge is -2.30. The minimum atomic E-state index is -0.752. The number of allylic oxidation sites excluding steroid dienone is 1. The number of carbonyl (C=O) groups excluding carboxylic acids is 3. The largest absolute Gasteiger partial charge is 0.428 e. The summed E-state index contributed by atoms with van der Waals surface area (Å²) in [6, 6.07) is 0. The number of nitriles is 2. The minimum Gasteiger partial charge on any atom is -0.428 e. The SMILES string of the molecule is CN(/C=C1\OC(=O)C(CCCCCCN=C=O)C(=O)C1CCCCCCOC#N)CCCCOC#N. The third kappa shape index (κ3) is 12.9. The lowest BCUT2D eigenvalue weighted by molar-refractivity contribution is -0.156. The number of hydrogen-bond acceptors (Lipinski definition) is 10. The van der Waals surface area contributed by atoms with Crippen LogP contribution in [0.1, 0.15) is 77.0 Å². The Balaban J connectivity index is 2.69. The first kappa shape index (κ1) is 30.7. The summed E-state index contributed by atoms with van der Waals surface area (Å²) in [5, 5.41) is 16.9. The highest BCUT2D eigenvalue weighted by molar-refractivity contribution is 6.03. The van der Waals surface area contributed by atoms with E-state index in [4.69, 9.17) is 20.0 Å². The van der Waals surface area contributed by atoms with Gasteiger partial charge in [-0.1, -0.05) is 38.5 Å². The molecule has 1 rings (SSSR count). The summed E-state index contributed by atoms with van der Waals surface area (Å²) in [7, 11) is 1.86. The summed E-state index contributed by atoms with van der Waals surface area (Å²) in [5.74, 6) is -1.38. The van der Waals surface area contributed by atoms with Crippen LogP contribution < -0.4 is 0 Å². The molecule has 2 unspecified atom stereocenters. The number of cyclic esters (lactones) is 1. The smallest absolute Gasteiger partial charge is 0.321 e. The van der Waals surface area contributed by atoms with E-state index in [0.717, 1.165) is 64.2 Å². The Hall–Kier alpha value is -3.36. The number of isocyanates is 1. The fraction of sp³-hybridized carbons (Fsp3) is 0.731. The van der Waals surface area contributed by atoms with E-state index in [0.29, 0.717) is 44.9 Å². The highest BCUT2D eigenvalue weighted by atomic mass is 16.5. The lowest BCUT2D eigenvalue weighted by atomic mass is 9.82. The van der Waals surface area contributed by atoms with E-state index in [9.17, 15) is 14.4 Å². The average Bonchev–Trinajstić information content (AvgIpc) is 2.86. The molecule has 0 aromatic carbocycles. The number of unbranched alkanes of at least 4 members (excludes halogenated alkanes) is 7. The Labute approximate surface area is 213 Å². The van der Waals surface area contributed by atoms with Crippen LogP contribution in [-0.2, 0) is 28.6 Å². The van der Waals surface area contributed by atoms with Crippen LogP contribution in [0.15, 0.2) is 17.0 Å². The molecule has 0 saturated carbocycles. The first-order chi connectivity index (χ1) is 17.5. The third-order valence-corrected chi connectivity index (χ3v) is 6.08. The van der Waals surface area contributed by atoms with Gasteiger partial charge in [-0.05, 0) is 38.5 Å². The summed E-state index contributed by atoms with van der Waals surface area (Å²) in [6.45, 7) is 1.89. The fourth-order valence-electron chi connectivity index (χ4n) is 4.14. The van der Waals surface area contributed by atoms with Gasteiger partial charge < -0.3 is 19.1 Å². The minimum absolute atomic E-state index is 0.0771. The maximum atomic E-state index is 13.3. The molecule has 36 heavy (non-hydrogen) atoms. The molecular formula is C26H38N4O6. The highest BCUT2D eigenvalue weighted by Crippen LogP contribution is 2.33. The Morgan fingerprint density at radius 3 is 2.11 bits per heavy atom. The van der Waals surface area contributed by atoms with Crippen molar-refractivity contribution in [3.05, 3.63) is 12.0 Å². The molecule has 1 aliphatic heterocycles. The molecule has 10 nitrogen and oxygen atoms in total. The van der Waals surface area contributed by atoms with E-state index in [2.05, 4.69) is 9.73 Å². The fourth-order valence-corrected chi connectivity index (χ4v) is 4.14. The van der Waals surface area contributed by atoms with Crippen LogP contribution in [-0.4, -0.2) is 56.1 Å². The van der Waals surface area contributed by atoms with Crippen molar-refractivity contribution >= 4 is 17.8 Å². The molecule has 0 aliphatic carbocycles. The van der Waals surface area contributed by atoms with Crippen molar-refractivity contribution in [1.29, 1.82) is 10.5 Å². The quantitative estimate of drug-likeness (QED) is 0.0599. The van der Waals surface area contributed by atoms with Crippen molar-refractivity contribution in [1.82, 2.24) is 4.90 Å². The summed E-state index contributed by atoms with van der Waals surface area (Å²) in [6.07, 6.45) is 15.7. The van der Waals surface area contributed by atoms with Gasteiger partial charge in [0.1, 0.15) is 24.9 Å². The molecule has 1 heterocycles. The monoisotopic (exact) mass is 502 g/mol. The molecule has 0 spiro atoms. The molecule has 0 radical (unpaired) electrons. The van der Waals surface area contributed by atoms with Crippen molar-refractivity contribution in [2.45, 2.75) is 77.0 Å². The zero-order valence-corrected chi connectivity index (χ0v) is 21.3. The Morgan fingerprint density at radius 2 is 1.47 bits per heavy atom. The van der Waals surface area contributed by atoms with Crippen molar-refractivity contribution in [3.8, 4) is 12.5 Å². The second kappa shape index (κ2) is 19.9. The maximum Gasteiger partial charge on any atom is 0.321 e. The molecule has 0 amide bonds. The molecule has 0 bridgehead atoms. The number of ether oxygens (including phenoxy) is 3. The van der Waals surface area contributed by atoms with Gasteiger partial charge in [-0.25, -0.2) is 9.79 Å². The van der Waals surface area contributed by atoms with Crippen molar-refractivity contribution in [2.24, 2.45) is 16.8 Å². The number of ketones is 1. The second-order valence-electron chi connectivity index (χ2n) is 8.91. The maximum absolute atomic E-state index is 13.3. The number of esters is 1. The van der Waals surface area contributed by atoms with Crippen LogP contribution in [0.5, 0.6) is 0 Å². The van der Waals surface area contributed by atoms with E-state index >= 15 is 0 Å². The molecular weight excluding hydrogens is 464 g/mol. The first-order valence-electron chi connectivity index (χ1n) is 12.8. The first-order valence-corrected chi connectivity index (χ1v) is 12.8. The van der Waals surface area contributed by atoms with Gasteiger partial charge in [-0.15, -0.1) is 0 Å². The van der Waals surface area contributed by atoms with Gasteiger partial charge in [0, 0.05) is 19.8 Å². The molecule has 10 heteroatoms. The summed E-state index contributed by atoms with van der Waals surface area (Å²) in [5.41, 5.74) is 0. The van der Waals surface area contributed by atoms with Gasteiger partial charge in [-0.2, -0.15) is 10.5 Å². The highest BCUT2D eigenvalue weighted by Gasteiger charge is 2.41. The summed E-state index contributed by atoms with van der Waals surface area (Å²) in [4.78, 5) is 41.6. The van der Waals surface area contributed by atoms with Crippen LogP contribution in [0.4, 0.5) is 0 Å². The number of aliphatic imine (C=N–C) groups is 1. The molecule has 198 valence electrons. The molecule has 1 fully saturated rings. The van der Waals surface area contributed by atoms with Crippen LogP contribution in [0.2, 0.25) is 0 Å². The van der Waals surface area contributed by atoms with E-state index in [1.54, 1.807) is 18.7 Å². The van der Waals surface area contributed by atoms with Crippen LogP contribution in [0.3, 0.4) is 0 Å². The molecule has 0 aromatic rings. The van der Waals surface area contributed by atoms with Gasteiger partial charge in [0.05, 0.1) is 12.5 Å². The molecule has 1 aliphatic rings. The lowest BCUT2D eigenvalue weighted by Crippen LogP contribution is -2.39. The van der Waals surface area contributed by atoms with E-state index in [1.807, 2.05) is 11.9 Å². The summed E-state index contributed by atoms with van der Waals surface area (Å²) < 4.78 is 15.1. The zero-order chi connectivity index (χ0) is 26.4. The number of hydrogen-bond donors (Lipinski definition) is 0. The van der Waals surface area contributed by atoms with Crippen molar-refractivity contribution in [3.63, 3.8) is 0 Å². The van der Waals surface area contributed by atoms with E-state index < -0.39 is 17.8 Å². The van der Waals surface area contributed by atoms with Crippen molar-refractivity contribution < 1.29 is 28.6 Å². The predicted octanol–water partition coefficient (Wildman–Crippen LogP) is 4.13. The standard InChI is InChI=1S/C26H38N4O6/c1-30(15-9-11-17-35-20-28)18-24-22(12-6-3-5-10-16-34-19-27)25(32)23(26(33)36-24)13-7-2-4-8-14-29-21-31/h18,22-23H,2-17H2,1H3/b24-18-. The average molecular weight is 503 g/mol. The van der Waals surface area contributed by atoms with Gasteiger partial charge in [0.15, 0.2) is 5.78 Å². The number of Topliss-reactive ketones (excluding diaryl/α,β-unsaturated/α-hetero) is 1. The van der Waals surface area contributed by atoms with Crippen molar-refractivity contribution in [2.75, 3.05) is 33.4 Å². The Morgan fingerprint density at radius 1 is 0.889 bits per heavy atom. The Bertz CT molecular complexity index is 825. The van der Waals surface area contributed by atoms with Gasteiger partial charge in [0.25, 0.3) is 12.5 Å². The number of rotatable bonds is 20. The van der Waals surface area contributed by atoms with Gasteiger partial charge in [0.2, 0.25) is 6.08 Å². The molecule has 1 saturated heterocycles. The molecule has 0 aromatic heterocycles. The van der Waals surface area contributed by atoms with E-state index in [-0.39, 0.29) is 5.78 Å². The predicted molar refractivity (Wildman–Crippen MR) is 130 cm³/mol.